The first kappa shape index (κ1) is 26.1. The topological polar surface area (TPSA) is 95.3 Å². The number of hydrogen-bond donors (Lipinski definition) is 1. The van der Waals surface area contributed by atoms with Gasteiger partial charge in [-0.25, -0.2) is 4.79 Å². The van der Waals surface area contributed by atoms with Crippen LogP contribution in [-0.2, 0) is 23.0 Å². The predicted molar refractivity (Wildman–Crippen MR) is 135 cm³/mol. The lowest BCUT2D eigenvalue weighted by molar-refractivity contribution is -0.113. The van der Waals surface area contributed by atoms with Gasteiger partial charge < -0.3 is 19.4 Å². The van der Waals surface area contributed by atoms with Crippen molar-refractivity contribution in [2.75, 3.05) is 18.2 Å². The minimum absolute atomic E-state index is 0.108. The number of carbonyl (C=O) groups is 2. The zero-order chi connectivity index (χ0) is 25.0. The van der Waals surface area contributed by atoms with Gasteiger partial charge in [0.15, 0.2) is 17.1 Å². The highest BCUT2D eigenvalue weighted by molar-refractivity contribution is 7.99. The number of anilines is 1. The molecule has 1 amide bonds. The Bertz CT molecular complexity index is 1210. The van der Waals surface area contributed by atoms with Crippen molar-refractivity contribution < 1.29 is 19.1 Å². The Labute approximate surface area is 212 Å². The summed E-state index contributed by atoms with van der Waals surface area (Å²) in [6, 6.07) is 5.44. The number of benzene rings is 1. The number of aryl methyl sites for hydroxylation is 2. The number of nitrogens with zero attached hydrogens (tertiary/aromatic N) is 3. The molecule has 0 bridgehead atoms. The number of esters is 1. The molecular formula is C23H27ClN4O4S2. The number of nitrogens with one attached hydrogen (secondary N) is 1. The fourth-order valence-electron chi connectivity index (χ4n) is 3.50. The standard InChI is InChI=1S/C23H27ClN4O4S2/c1-7-16-14(4)34-21(19(16)22(30)31-6)25-18(29)11-33-23-27-26-20(28(23)5)13(3)32-17-9-8-15(24)10-12(17)2/h8-10,13H,7,11H2,1-6H3,(H,25,29). The molecule has 2 aromatic heterocycles. The summed E-state index contributed by atoms with van der Waals surface area (Å²) >= 11 is 8.65. The number of rotatable bonds is 9. The summed E-state index contributed by atoms with van der Waals surface area (Å²) in [7, 11) is 3.16. The second-order valence-electron chi connectivity index (χ2n) is 7.59. The van der Waals surface area contributed by atoms with E-state index in [1.54, 1.807) is 10.6 Å². The van der Waals surface area contributed by atoms with Gasteiger partial charge in [-0.15, -0.1) is 21.5 Å². The van der Waals surface area contributed by atoms with Gasteiger partial charge in [0.25, 0.3) is 0 Å². The van der Waals surface area contributed by atoms with Crippen molar-refractivity contribution in [3.8, 4) is 5.75 Å². The third-order valence-electron chi connectivity index (χ3n) is 5.21. The van der Waals surface area contributed by atoms with Crippen LogP contribution in [0.3, 0.4) is 0 Å². The molecule has 1 unspecified atom stereocenters. The first-order valence-corrected chi connectivity index (χ1v) is 12.8. The van der Waals surface area contributed by atoms with Crippen LogP contribution in [0.5, 0.6) is 5.75 Å². The molecule has 3 rings (SSSR count). The summed E-state index contributed by atoms with van der Waals surface area (Å²) in [4.78, 5) is 25.9. The molecule has 0 saturated heterocycles. The van der Waals surface area contributed by atoms with E-state index in [-0.39, 0.29) is 17.8 Å². The lowest BCUT2D eigenvalue weighted by atomic mass is 10.1. The number of hydrogen-bond acceptors (Lipinski definition) is 8. The van der Waals surface area contributed by atoms with E-state index in [0.717, 1.165) is 16.0 Å². The zero-order valence-corrected chi connectivity index (χ0v) is 22.3. The van der Waals surface area contributed by atoms with Crippen LogP contribution in [0.25, 0.3) is 0 Å². The van der Waals surface area contributed by atoms with Crippen molar-refractivity contribution in [3.63, 3.8) is 0 Å². The smallest absolute Gasteiger partial charge is 0.341 e. The minimum Gasteiger partial charge on any atom is -0.482 e. The van der Waals surface area contributed by atoms with E-state index in [2.05, 4.69) is 15.5 Å². The van der Waals surface area contributed by atoms with Gasteiger partial charge in [0.1, 0.15) is 10.8 Å². The number of ether oxygens (including phenoxy) is 2. The minimum atomic E-state index is -0.452. The lowest BCUT2D eigenvalue weighted by Crippen LogP contribution is -2.16. The van der Waals surface area contributed by atoms with Gasteiger partial charge in [0, 0.05) is 16.9 Å². The number of thiophene rings is 1. The van der Waals surface area contributed by atoms with Crippen molar-refractivity contribution in [2.24, 2.45) is 7.05 Å². The van der Waals surface area contributed by atoms with Crippen LogP contribution < -0.4 is 10.1 Å². The zero-order valence-electron chi connectivity index (χ0n) is 19.9. The molecule has 3 aromatic rings. The Balaban J connectivity index is 1.66. The molecule has 0 aliphatic heterocycles. The normalized spacial score (nSPS) is 11.9. The third kappa shape index (κ3) is 5.73. The highest BCUT2D eigenvalue weighted by Crippen LogP contribution is 2.34. The van der Waals surface area contributed by atoms with Crippen LogP contribution in [0.1, 0.15) is 52.1 Å². The molecule has 0 aliphatic rings. The second-order valence-corrected chi connectivity index (χ2v) is 10.2. The van der Waals surface area contributed by atoms with Gasteiger partial charge >= 0.3 is 5.97 Å². The summed E-state index contributed by atoms with van der Waals surface area (Å²) < 4.78 is 12.8. The monoisotopic (exact) mass is 522 g/mol. The quantitative estimate of drug-likeness (QED) is 0.298. The van der Waals surface area contributed by atoms with E-state index in [1.807, 2.05) is 46.9 Å². The average Bonchev–Trinajstić information content (AvgIpc) is 3.32. The van der Waals surface area contributed by atoms with E-state index in [9.17, 15) is 9.59 Å². The molecule has 11 heteroatoms. The van der Waals surface area contributed by atoms with E-state index in [0.29, 0.717) is 38.7 Å². The van der Waals surface area contributed by atoms with Crippen molar-refractivity contribution in [2.45, 2.75) is 45.4 Å². The first-order chi connectivity index (χ1) is 16.2. The van der Waals surface area contributed by atoms with E-state index >= 15 is 0 Å². The van der Waals surface area contributed by atoms with E-state index < -0.39 is 5.97 Å². The van der Waals surface area contributed by atoms with Gasteiger partial charge in [-0.3, -0.25) is 4.79 Å². The number of methoxy groups -OCH3 is 1. The van der Waals surface area contributed by atoms with Gasteiger partial charge in [0.05, 0.1) is 18.4 Å². The summed E-state index contributed by atoms with van der Waals surface area (Å²) in [5.74, 6) is 0.757. The second kappa shape index (κ2) is 11.2. The summed E-state index contributed by atoms with van der Waals surface area (Å²) in [5, 5.41) is 13.0. The molecule has 1 N–H and O–H groups in total. The number of carbonyl (C=O) groups excluding carboxylic acids is 2. The van der Waals surface area contributed by atoms with Crippen LogP contribution >= 0.6 is 34.7 Å². The summed E-state index contributed by atoms with van der Waals surface area (Å²) in [6.07, 6.45) is 0.319. The fourth-order valence-corrected chi connectivity index (χ4v) is 5.59. The van der Waals surface area contributed by atoms with Crippen molar-refractivity contribution in [3.05, 3.63) is 50.6 Å². The highest BCUT2D eigenvalue weighted by Gasteiger charge is 2.24. The SMILES string of the molecule is CCc1c(C)sc(NC(=O)CSc2nnc(C(C)Oc3ccc(Cl)cc3C)n2C)c1C(=O)OC. The third-order valence-corrected chi connectivity index (χ3v) is 7.53. The predicted octanol–water partition coefficient (Wildman–Crippen LogP) is 5.37. The Kier molecular flexibility index (Phi) is 8.62. The van der Waals surface area contributed by atoms with Crippen molar-refractivity contribution in [1.29, 1.82) is 0 Å². The average molecular weight is 523 g/mol. The molecule has 0 fully saturated rings. The molecule has 0 spiro atoms. The van der Waals surface area contributed by atoms with Crippen molar-refractivity contribution in [1.82, 2.24) is 14.8 Å². The van der Waals surface area contributed by atoms with Crippen LogP contribution in [0.15, 0.2) is 23.4 Å². The first-order valence-electron chi connectivity index (χ1n) is 10.6. The van der Waals surface area contributed by atoms with Gasteiger partial charge in [0.2, 0.25) is 5.91 Å². The number of thioether (sulfide) groups is 1. The summed E-state index contributed by atoms with van der Waals surface area (Å²) in [6.45, 7) is 7.70. The molecule has 2 heterocycles. The highest BCUT2D eigenvalue weighted by atomic mass is 35.5. The molecule has 0 saturated carbocycles. The molecule has 8 nitrogen and oxygen atoms in total. The van der Waals surface area contributed by atoms with Crippen molar-refractivity contribution >= 4 is 51.6 Å². The molecule has 0 aliphatic carbocycles. The van der Waals surface area contributed by atoms with Crippen LogP contribution in [-0.4, -0.2) is 39.5 Å². The molecule has 0 radical (unpaired) electrons. The Morgan fingerprint density at radius 1 is 1.29 bits per heavy atom. The number of amides is 1. The number of aromatic nitrogens is 3. The molecular weight excluding hydrogens is 496 g/mol. The Hall–Kier alpha value is -2.56. The summed E-state index contributed by atoms with van der Waals surface area (Å²) in [5.41, 5.74) is 2.24. The fraction of sp³-hybridized carbons (Fsp3) is 0.391. The van der Waals surface area contributed by atoms with Crippen LogP contribution in [0.2, 0.25) is 5.02 Å². The molecule has 1 aromatic carbocycles. The maximum atomic E-state index is 12.6. The Morgan fingerprint density at radius 3 is 2.68 bits per heavy atom. The lowest BCUT2D eigenvalue weighted by Gasteiger charge is -2.16. The number of halogens is 1. The van der Waals surface area contributed by atoms with Crippen LogP contribution in [0.4, 0.5) is 5.00 Å². The van der Waals surface area contributed by atoms with Crippen LogP contribution in [0, 0.1) is 13.8 Å². The molecule has 182 valence electrons. The van der Waals surface area contributed by atoms with E-state index in [4.69, 9.17) is 21.1 Å². The Morgan fingerprint density at radius 2 is 2.03 bits per heavy atom. The molecule has 1 atom stereocenters. The van der Waals surface area contributed by atoms with Gasteiger partial charge in [-0.05, 0) is 56.5 Å². The molecule has 34 heavy (non-hydrogen) atoms. The maximum absolute atomic E-state index is 12.6. The van der Waals surface area contributed by atoms with E-state index in [1.165, 1.54) is 30.2 Å². The van der Waals surface area contributed by atoms with Gasteiger partial charge in [-0.2, -0.15) is 0 Å². The van der Waals surface area contributed by atoms with Gasteiger partial charge in [-0.1, -0.05) is 30.3 Å². The maximum Gasteiger partial charge on any atom is 0.341 e. The largest absolute Gasteiger partial charge is 0.482 e.